The van der Waals surface area contributed by atoms with Crippen LogP contribution in [0, 0.1) is 12.3 Å². The lowest BCUT2D eigenvalue weighted by molar-refractivity contribution is -0.111. The summed E-state index contributed by atoms with van der Waals surface area (Å²) in [6, 6.07) is 8.16. The van der Waals surface area contributed by atoms with Crippen LogP contribution in [0.4, 0.5) is 14.5 Å². The molecule has 0 bridgehead atoms. The van der Waals surface area contributed by atoms with Gasteiger partial charge in [-0.2, -0.15) is 8.78 Å². The Morgan fingerprint density at radius 2 is 2.07 bits per heavy atom. The molecule has 0 fully saturated rings. The largest absolute Gasteiger partial charge is 0.493 e. The zero-order valence-electron chi connectivity index (χ0n) is 16.2. The number of alkyl halides is 2. The van der Waals surface area contributed by atoms with Gasteiger partial charge in [-0.25, -0.2) is 0 Å². The summed E-state index contributed by atoms with van der Waals surface area (Å²) in [7, 11) is 1.50. The highest BCUT2D eigenvalue weighted by atomic mass is 35.5. The molecule has 0 spiro atoms. The molecular weight excluding hydrogens is 416 g/mol. The fraction of sp³-hybridized carbons (Fsp3) is 0.227. The van der Waals surface area contributed by atoms with Crippen molar-refractivity contribution in [2.75, 3.05) is 19.0 Å². The highest BCUT2D eigenvalue weighted by Gasteiger charge is 2.19. The Bertz CT molecular complexity index is 957. The van der Waals surface area contributed by atoms with Crippen LogP contribution in [-0.2, 0) is 17.6 Å². The van der Waals surface area contributed by atoms with Crippen molar-refractivity contribution >= 4 is 23.2 Å². The zero-order chi connectivity index (χ0) is 22.1. The Morgan fingerprint density at radius 3 is 2.70 bits per heavy atom. The number of halogens is 3. The number of benzene rings is 2. The number of terminal acetylenes is 1. The quantitative estimate of drug-likeness (QED) is 0.427. The summed E-state index contributed by atoms with van der Waals surface area (Å²) in [5.74, 6) is 2.67. The van der Waals surface area contributed by atoms with Gasteiger partial charge < -0.3 is 19.5 Å². The highest BCUT2D eigenvalue weighted by Crippen LogP contribution is 2.37. The molecule has 0 saturated heterocycles. The maximum absolute atomic E-state index is 12.9. The SMILES string of the molecule is C#CCOc1ccc(CCc2c(NC(=O)C=C)ccc(Cl)c2OC(F)F)cc1OC. The molecule has 0 aliphatic rings. The molecule has 0 saturated carbocycles. The Morgan fingerprint density at radius 1 is 1.30 bits per heavy atom. The molecule has 0 aromatic heterocycles. The van der Waals surface area contributed by atoms with Crippen molar-refractivity contribution in [2.45, 2.75) is 19.5 Å². The maximum atomic E-state index is 12.9. The van der Waals surface area contributed by atoms with Gasteiger partial charge in [0.2, 0.25) is 5.91 Å². The first-order valence-corrected chi connectivity index (χ1v) is 9.20. The van der Waals surface area contributed by atoms with Crippen molar-refractivity contribution in [3.8, 4) is 29.6 Å². The summed E-state index contributed by atoms with van der Waals surface area (Å²) >= 11 is 6.07. The number of hydrogen-bond donors (Lipinski definition) is 1. The smallest absolute Gasteiger partial charge is 0.387 e. The van der Waals surface area contributed by atoms with E-state index < -0.39 is 12.5 Å². The number of ether oxygens (including phenoxy) is 3. The van der Waals surface area contributed by atoms with Crippen molar-refractivity contribution in [1.29, 1.82) is 0 Å². The lowest BCUT2D eigenvalue weighted by Crippen LogP contribution is -2.12. The molecule has 2 aromatic carbocycles. The third-order valence-corrected chi connectivity index (χ3v) is 4.36. The molecular formula is C22H20ClF2NO4. The van der Waals surface area contributed by atoms with Gasteiger partial charge in [-0.1, -0.05) is 30.2 Å². The van der Waals surface area contributed by atoms with E-state index in [2.05, 4.69) is 22.6 Å². The van der Waals surface area contributed by atoms with E-state index in [1.807, 2.05) is 0 Å². The number of carbonyl (C=O) groups is 1. The van der Waals surface area contributed by atoms with Gasteiger partial charge in [-0.15, -0.1) is 6.42 Å². The molecule has 0 unspecified atom stereocenters. The van der Waals surface area contributed by atoms with Crippen LogP contribution in [0.5, 0.6) is 17.2 Å². The summed E-state index contributed by atoms with van der Waals surface area (Å²) in [5, 5.41) is 2.60. The van der Waals surface area contributed by atoms with Gasteiger partial charge in [0.1, 0.15) is 12.4 Å². The van der Waals surface area contributed by atoms with Gasteiger partial charge in [-0.3, -0.25) is 4.79 Å². The Balaban J connectivity index is 2.34. The van der Waals surface area contributed by atoms with E-state index in [-0.39, 0.29) is 23.8 Å². The number of amides is 1. The maximum Gasteiger partial charge on any atom is 0.387 e. The van der Waals surface area contributed by atoms with Crippen LogP contribution in [-0.4, -0.2) is 26.2 Å². The molecule has 158 valence electrons. The molecule has 2 aromatic rings. The summed E-state index contributed by atoms with van der Waals surface area (Å²) in [5.41, 5.74) is 1.48. The summed E-state index contributed by atoms with van der Waals surface area (Å²) in [4.78, 5) is 11.7. The summed E-state index contributed by atoms with van der Waals surface area (Å²) in [6.45, 7) is 0.416. The average molecular weight is 436 g/mol. The second-order valence-electron chi connectivity index (χ2n) is 5.95. The van der Waals surface area contributed by atoms with Crippen molar-refractivity contribution < 1.29 is 27.8 Å². The molecule has 1 amide bonds. The van der Waals surface area contributed by atoms with E-state index in [1.54, 1.807) is 18.2 Å². The van der Waals surface area contributed by atoms with Gasteiger partial charge in [-0.05, 0) is 48.7 Å². The normalized spacial score (nSPS) is 10.3. The van der Waals surface area contributed by atoms with Gasteiger partial charge in [0.15, 0.2) is 11.5 Å². The van der Waals surface area contributed by atoms with E-state index in [4.69, 9.17) is 27.5 Å². The molecule has 0 atom stereocenters. The molecule has 2 rings (SSSR count). The lowest BCUT2D eigenvalue weighted by Gasteiger charge is -2.17. The number of aryl methyl sites for hydroxylation is 1. The second-order valence-corrected chi connectivity index (χ2v) is 6.36. The molecule has 5 nitrogen and oxygen atoms in total. The van der Waals surface area contributed by atoms with Gasteiger partial charge in [0.05, 0.1) is 12.1 Å². The van der Waals surface area contributed by atoms with Crippen molar-refractivity contribution in [3.05, 3.63) is 59.1 Å². The number of anilines is 1. The molecule has 1 N–H and O–H groups in total. The van der Waals surface area contributed by atoms with E-state index >= 15 is 0 Å². The van der Waals surface area contributed by atoms with Gasteiger partial charge in [0.25, 0.3) is 0 Å². The predicted octanol–water partition coefficient (Wildman–Crippen LogP) is 4.87. The van der Waals surface area contributed by atoms with Crippen LogP contribution < -0.4 is 19.5 Å². The van der Waals surface area contributed by atoms with Crippen LogP contribution >= 0.6 is 11.6 Å². The van der Waals surface area contributed by atoms with Crippen LogP contribution in [0.1, 0.15) is 11.1 Å². The number of nitrogens with one attached hydrogen (secondary N) is 1. The minimum absolute atomic E-state index is 0.0116. The molecule has 30 heavy (non-hydrogen) atoms. The number of carbonyl (C=O) groups excluding carboxylic acids is 1. The number of hydrogen-bond acceptors (Lipinski definition) is 4. The zero-order valence-corrected chi connectivity index (χ0v) is 17.0. The fourth-order valence-corrected chi connectivity index (χ4v) is 2.96. The first-order valence-electron chi connectivity index (χ1n) is 8.82. The monoisotopic (exact) mass is 435 g/mol. The Labute approximate surface area is 178 Å². The number of rotatable bonds is 10. The molecule has 0 heterocycles. The molecule has 0 aliphatic carbocycles. The minimum atomic E-state index is -3.07. The van der Waals surface area contributed by atoms with E-state index in [9.17, 15) is 13.6 Å². The Kier molecular flexibility index (Phi) is 8.51. The van der Waals surface area contributed by atoms with Crippen LogP contribution in [0.25, 0.3) is 0 Å². The lowest BCUT2D eigenvalue weighted by atomic mass is 10.0. The molecule has 8 heteroatoms. The third kappa shape index (κ3) is 6.13. The van der Waals surface area contributed by atoms with Crippen molar-refractivity contribution in [2.24, 2.45) is 0 Å². The van der Waals surface area contributed by atoms with E-state index in [0.717, 1.165) is 11.6 Å². The van der Waals surface area contributed by atoms with Crippen molar-refractivity contribution in [3.63, 3.8) is 0 Å². The molecule has 0 aliphatic heterocycles. The summed E-state index contributed by atoms with van der Waals surface area (Å²) in [6.07, 6.45) is 6.95. The average Bonchev–Trinajstić information content (AvgIpc) is 2.73. The van der Waals surface area contributed by atoms with E-state index in [0.29, 0.717) is 29.2 Å². The van der Waals surface area contributed by atoms with Crippen LogP contribution in [0.2, 0.25) is 5.02 Å². The van der Waals surface area contributed by atoms with Crippen molar-refractivity contribution in [1.82, 2.24) is 0 Å². The second kappa shape index (κ2) is 11.1. The van der Waals surface area contributed by atoms with E-state index in [1.165, 1.54) is 19.2 Å². The first kappa shape index (κ1) is 23.0. The topological polar surface area (TPSA) is 56.8 Å². The summed E-state index contributed by atoms with van der Waals surface area (Å²) < 4.78 is 41.2. The molecule has 0 radical (unpaired) electrons. The number of methoxy groups -OCH3 is 1. The van der Waals surface area contributed by atoms with Gasteiger partial charge >= 0.3 is 6.61 Å². The predicted molar refractivity (Wildman–Crippen MR) is 112 cm³/mol. The van der Waals surface area contributed by atoms with Gasteiger partial charge in [0, 0.05) is 11.3 Å². The van der Waals surface area contributed by atoms with Crippen LogP contribution in [0.3, 0.4) is 0 Å². The van der Waals surface area contributed by atoms with Crippen LogP contribution in [0.15, 0.2) is 43.0 Å². The highest BCUT2D eigenvalue weighted by molar-refractivity contribution is 6.32. The fourth-order valence-electron chi connectivity index (χ4n) is 2.74. The third-order valence-electron chi connectivity index (χ3n) is 4.07. The Hall–Kier alpha value is -3.24. The minimum Gasteiger partial charge on any atom is -0.493 e. The first-order chi connectivity index (χ1) is 14.4. The standard InChI is InChI=1S/C22H20ClF2NO4/c1-4-12-29-18-11-7-14(13-19(18)28-3)6-8-15-17(26-20(27)5-2)10-9-16(23)21(15)30-22(24)25/h1,5,7,9-11,13,22H,2,6,8,12H2,3H3,(H,26,27).